The number of aryl methyl sites for hydroxylation is 1. The van der Waals surface area contributed by atoms with Gasteiger partial charge in [0.1, 0.15) is 11.9 Å². The third-order valence-corrected chi connectivity index (χ3v) is 5.36. The van der Waals surface area contributed by atoms with E-state index in [2.05, 4.69) is 15.6 Å². The summed E-state index contributed by atoms with van der Waals surface area (Å²) in [5.74, 6) is 1.33. The van der Waals surface area contributed by atoms with Crippen molar-refractivity contribution < 1.29 is 9.59 Å². The lowest BCUT2D eigenvalue weighted by Crippen LogP contribution is -2.52. The normalized spacial score (nSPS) is 22.0. The molecule has 0 aromatic carbocycles. The van der Waals surface area contributed by atoms with Gasteiger partial charge in [-0.1, -0.05) is 19.3 Å². The van der Waals surface area contributed by atoms with Gasteiger partial charge in [0.15, 0.2) is 0 Å². The molecule has 2 fully saturated rings. The number of rotatable bonds is 5. The van der Waals surface area contributed by atoms with Crippen LogP contribution < -0.4 is 10.6 Å². The summed E-state index contributed by atoms with van der Waals surface area (Å²) in [6.07, 6.45) is 10.2. The van der Waals surface area contributed by atoms with Gasteiger partial charge in [0.2, 0.25) is 11.8 Å². The summed E-state index contributed by atoms with van der Waals surface area (Å²) in [5.41, 5.74) is 0. The van der Waals surface area contributed by atoms with E-state index in [9.17, 15) is 9.59 Å². The molecule has 2 amide bonds. The molecule has 0 bridgehead atoms. The van der Waals surface area contributed by atoms with Gasteiger partial charge in [-0.3, -0.25) is 9.59 Å². The zero-order valence-electron chi connectivity index (χ0n) is 15.0. The molecule has 0 spiro atoms. The van der Waals surface area contributed by atoms with Crippen molar-refractivity contribution in [3.63, 3.8) is 0 Å². The fraction of sp³-hybridized carbons (Fsp3) is 0.722. The fourth-order valence-corrected chi connectivity index (χ4v) is 3.93. The molecule has 2 heterocycles. The lowest BCUT2D eigenvalue weighted by Gasteiger charge is -2.35. The summed E-state index contributed by atoms with van der Waals surface area (Å²) in [7, 11) is 1.94. The number of hydrogen-bond donors (Lipinski definition) is 2. The molecule has 138 valence electrons. The molecule has 1 unspecified atom stereocenters. The van der Waals surface area contributed by atoms with Crippen LogP contribution in [-0.2, 0) is 16.6 Å². The summed E-state index contributed by atoms with van der Waals surface area (Å²) in [5, 5.41) is 6.15. The maximum atomic E-state index is 12.7. The van der Waals surface area contributed by atoms with Crippen LogP contribution in [-0.4, -0.2) is 52.4 Å². The third-order valence-electron chi connectivity index (χ3n) is 5.36. The Morgan fingerprint density at radius 2 is 2.12 bits per heavy atom. The van der Waals surface area contributed by atoms with Gasteiger partial charge < -0.3 is 20.1 Å². The molecule has 1 aliphatic carbocycles. The Hall–Kier alpha value is -1.89. The van der Waals surface area contributed by atoms with E-state index in [1.165, 1.54) is 19.3 Å². The van der Waals surface area contributed by atoms with E-state index >= 15 is 0 Å². The van der Waals surface area contributed by atoms with E-state index in [0.717, 1.165) is 25.2 Å². The third kappa shape index (κ3) is 4.60. The highest BCUT2D eigenvalue weighted by Crippen LogP contribution is 2.26. The molecule has 7 heteroatoms. The maximum absolute atomic E-state index is 12.7. The van der Waals surface area contributed by atoms with Gasteiger partial charge in [-0.2, -0.15) is 0 Å². The second kappa shape index (κ2) is 8.47. The van der Waals surface area contributed by atoms with E-state index in [1.807, 2.05) is 22.7 Å². The molecular weight excluding hydrogens is 318 g/mol. The highest BCUT2D eigenvalue weighted by atomic mass is 16.2. The van der Waals surface area contributed by atoms with Crippen molar-refractivity contribution in [1.82, 2.24) is 25.1 Å². The summed E-state index contributed by atoms with van der Waals surface area (Å²) in [4.78, 5) is 31.0. The van der Waals surface area contributed by atoms with Crippen molar-refractivity contribution >= 4 is 11.8 Å². The first-order valence-electron chi connectivity index (χ1n) is 9.39. The van der Waals surface area contributed by atoms with Crippen molar-refractivity contribution in [1.29, 1.82) is 0 Å². The number of carbonyl (C=O) groups excluding carboxylic acids is 2. The molecule has 1 saturated carbocycles. The van der Waals surface area contributed by atoms with Crippen LogP contribution in [0.3, 0.4) is 0 Å². The molecule has 25 heavy (non-hydrogen) atoms. The van der Waals surface area contributed by atoms with Crippen molar-refractivity contribution in [2.45, 2.75) is 44.6 Å². The van der Waals surface area contributed by atoms with Crippen molar-refractivity contribution in [2.24, 2.45) is 13.0 Å². The standard InChI is InChI=1S/C18H29N5O2/c1-22-9-8-20-18(22)15-12-19-7-10-23(15)17(25)13-21-16(24)11-14-5-3-2-4-6-14/h8-9,14-15,19H,2-7,10-13H2,1H3,(H,21,24). The van der Waals surface area contributed by atoms with E-state index in [0.29, 0.717) is 25.4 Å². The van der Waals surface area contributed by atoms with Crippen LogP contribution in [0.5, 0.6) is 0 Å². The molecule has 0 radical (unpaired) electrons. The molecule has 1 saturated heterocycles. The Balaban J connectivity index is 1.52. The lowest BCUT2D eigenvalue weighted by molar-refractivity contribution is -0.136. The van der Waals surface area contributed by atoms with Crippen LogP contribution >= 0.6 is 0 Å². The summed E-state index contributed by atoms with van der Waals surface area (Å²) in [6, 6.07) is -0.0866. The first-order valence-corrected chi connectivity index (χ1v) is 9.39. The Morgan fingerprint density at radius 3 is 2.84 bits per heavy atom. The minimum Gasteiger partial charge on any atom is -0.347 e. The average molecular weight is 347 g/mol. The number of nitrogens with one attached hydrogen (secondary N) is 2. The number of piperazine rings is 1. The maximum Gasteiger partial charge on any atom is 0.242 e. The minimum absolute atomic E-state index is 0.00364. The Kier molecular flexibility index (Phi) is 6.07. The number of aromatic nitrogens is 2. The topological polar surface area (TPSA) is 79.3 Å². The highest BCUT2D eigenvalue weighted by Gasteiger charge is 2.30. The van der Waals surface area contributed by atoms with Gasteiger partial charge in [0, 0.05) is 45.5 Å². The first-order chi connectivity index (χ1) is 12.1. The number of nitrogens with zero attached hydrogens (tertiary/aromatic N) is 3. The smallest absolute Gasteiger partial charge is 0.242 e. The quantitative estimate of drug-likeness (QED) is 0.832. The molecule has 1 aromatic heterocycles. The van der Waals surface area contributed by atoms with Crippen molar-refractivity contribution in [3.05, 3.63) is 18.2 Å². The molecule has 2 N–H and O–H groups in total. The predicted octanol–water partition coefficient (Wildman–Crippen LogP) is 0.980. The second-order valence-electron chi connectivity index (χ2n) is 7.19. The van der Waals surface area contributed by atoms with Gasteiger partial charge in [-0.15, -0.1) is 0 Å². The number of hydrogen-bond acceptors (Lipinski definition) is 4. The van der Waals surface area contributed by atoms with Crippen LogP contribution in [0.2, 0.25) is 0 Å². The molecule has 1 atom stereocenters. The Morgan fingerprint density at radius 1 is 1.32 bits per heavy atom. The number of carbonyl (C=O) groups is 2. The second-order valence-corrected chi connectivity index (χ2v) is 7.19. The SMILES string of the molecule is Cn1ccnc1C1CNCCN1C(=O)CNC(=O)CC1CCCCC1. The van der Waals surface area contributed by atoms with Gasteiger partial charge >= 0.3 is 0 Å². The lowest BCUT2D eigenvalue weighted by atomic mass is 9.87. The van der Waals surface area contributed by atoms with Crippen LogP contribution in [0.1, 0.15) is 50.4 Å². The zero-order valence-corrected chi connectivity index (χ0v) is 15.0. The molecule has 1 aliphatic heterocycles. The number of amides is 2. The molecule has 1 aromatic rings. The largest absolute Gasteiger partial charge is 0.347 e. The zero-order chi connectivity index (χ0) is 17.6. The average Bonchev–Trinajstić information content (AvgIpc) is 3.06. The van der Waals surface area contributed by atoms with Gasteiger partial charge in [0.25, 0.3) is 0 Å². The number of imidazole rings is 1. The molecule has 7 nitrogen and oxygen atoms in total. The van der Waals surface area contributed by atoms with Crippen molar-refractivity contribution in [3.8, 4) is 0 Å². The monoisotopic (exact) mass is 347 g/mol. The highest BCUT2D eigenvalue weighted by molar-refractivity contribution is 5.85. The van der Waals surface area contributed by atoms with Gasteiger partial charge in [-0.05, 0) is 18.8 Å². The van der Waals surface area contributed by atoms with Gasteiger partial charge in [0.05, 0.1) is 6.54 Å². The van der Waals surface area contributed by atoms with E-state index in [-0.39, 0.29) is 24.4 Å². The minimum atomic E-state index is -0.0866. The van der Waals surface area contributed by atoms with Crippen LogP contribution in [0.25, 0.3) is 0 Å². The predicted molar refractivity (Wildman–Crippen MR) is 94.7 cm³/mol. The Bertz CT molecular complexity index is 594. The summed E-state index contributed by atoms with van der Waals surface area (Å²) in [6.45, 7) is 2.16. The molecule has 3 rings (SSSR count). The fourth-order valence-electron chi connectivity index (χ4n) is 3.93. The van der Waals surface area contributed by atoms with Crippen molar-refractivity contribution in [2.75, 3.05) is 26.2 Å². The summed E-state index contributed by atoms with van der Waals surface area (Å²) < 4.78 is 1.94. The molecule has 2 aliphatic rings. The summed E-state index contributed by atoms with van der Waals surface area (Å²) >= 11 is 0. The molecular formula is C18H29N5O2. The van der Waals surface area contributed by atoms with Gasteiger partial charge in [-0.25, -0.2) is 4.98 Å². The van der Waals surface area contributed by atoms with Crippen LogP contribution in [0, 0.1) is 5.92 Å². The van der Waals surface area contributed by atoms with Crippen LogP contribution in [0.15, 0.2) is 12.4 Å². The first kappa shape index (κ1) is 17.9. The Labute approximate surface area is 149 Å². The van der Waals surface area contributed by atoms with E-state index < -0.39 is 0 Å². The van der Waals surface area contributed by atoms with E-state index in [1.54, 1.807) is 6.20 Å². The van der Waals surface area contributed by atoms with Crippen LogP contribution in [0.4, 0.5) is 0 Å². The van der Waals surface area contributed by atoms with E-state index in [4.69, 9.17) is 0 Å².